The van der Waals surface area contributed by atoms with Crippen LogP contribution in [0.1, 0.15) is 21.5 Å². The van der Waals surface area contributed by atoms with Gasteiger partial charge in [-0.25, -0.2) is 0 Å². The summed E-state index contributed by atoms with van der Waals surface area (Å²) in [6.45, 7) is 2.16. The average molecular weight is 311 g/mol. The lowest BCUT2D eigenvalue weighted by molar-refractivity contribution is 1.19. The molecule has 0 aromatic heterocycles. The molecule has 0 aliphatic heterocycles. The Labute approximate surface area is 122 Å². The zero-order valence-electron chi connectivity index (χ0n) is 10.8. The summed E-state index contributed by atoms with van der Waals surface area (Å²) in [6.07, 6.45) is 0. The maximum absolute atomic E-state index is 3.84. The molecule has 3 rings (SSSR count). The van der Waals surface area contributed by atoms with Gasteiger partial charge in [0.05, 0.1) is 4.83 Å². The molecule has 0 aliphatic carbocycles. The van der Waals surface area contributed by atoms with Crippen LogP contribution in [0.15, 0.2) is 66.7 Å². The molecule has 3 aromatic rings. The lowest BCUT2D eigenvalue weighted by Gasteiger charge is -2.15. The first kappa shape index (κ1) is 12.4. The Morgan fingerprint density at radius 2 is 1.37 bits per heavy atom. The van der Waals surface area contributed by atoms with Crippen molar-refractivity contribution in [1.82, 2.24) is 0 Å². The van der Waals surface area contributed by atoms with Crippen molar-refractivity contribution in [3.63, 3.8) is 0 Å². The van der Waals surface area contributed by atoms with Gasteiger partial charge in [0.1, 0.15) is 0 Å². The summed E-state index contributed by atoms with van der Waals surface area (Å²) in [6, 6.07) is 23.6. The van der Waals surface area contributed by atoms with E-state index in [9.17, 15) is 0 Å². The number of rotatable bonds is 2. The number of hydrogen-bond acceptors (Lipinski definition) is 0. The van der Waals surface area contributed by atoms with Crippen molar-refractivity contribution in [2.24, 2.45) is 0 Å². The Hall–Kier alpha value is -1.60. The molecule has 0 saturated heterocycles. The third kappa shape index (κ3) is 2.31. The highest BCUT2D eigenvalue weighted by atomic mass is 79.9. The molecular weight excluding hydrogens is 296 g/mol. The van der Waals surface area contributed by atoms with E-state index in [1.165, 1.54) is 27.5 Å². The van der Waals surface area contributed by atoms with Crippen molar-refractivity contribution >= 4 is 26.7 Å². The zero-order chi connectivity index (χ0) is 13.2. The highest BCUT2D eigenvalue weighted by Crippen LogP contribution is 2.36. The molecule has 0 bridgehead atoms. The molecule has 1 heteroatoms. The molecule has 0 saturated carbocycles. The molecule has 0 amide bonds. The summed E-state index contributed by atoms with van der Waals surface area (Å²) in [7, 11) is 0. The molecule has 0 radical (unpaired) electrons. The molecular formula is C18H15Br. The monoisotopic (exact) mass is 310 g/mol. The van der Waals surface area contributed by atoms with Gasteiger partial charge >= 0.3 is 0 Å². The number of benzene rings is 3. The van der Waals surface area contributed by atoms with Crippen molar-refractivity contribution in [2.45, 2.75) is 11.8 Å². The van der Waals surface area contributed by atoms with Gasteiger partial charge in [-0.15, -0.1) is 0 Å². The molecule has 19 heavy (non-hydrogen) atoms. The second-order valence-corrected chi connectivity index (χ2v) is 5.71. The van der Waals surface area contributed by atoms with Gasteiger partial charge in [-0.05, 0) is 34.4 Å². The zero-order valence-corrected chi connectivity index (χ0v) is 12.4. The van der Waals surface area contributed by atoms with Crippen molar-refractivity contribution < 1.29 is 0 Å². The fourth-order valence-electron chi connectivity index (χ4n) is 2.50. The molecule has 0 nitrogen and oxygen atoms in total. The molecule has 0 spiro atoms. The quantitative estimate of drug-likeness (QED) is 0.538. The van der Waals surface area contributed by atoms with Gasteiger partial charge in [0.15, 0.2) is 0 Å². The Morgan fingerprint density at radius 3 is 2.11 bits per heavy atom. The number of hydrogen-bond donors (Lipinski definition) is 0. The van der Waals surface area contributed by atoms with Crippen LogP contribution in [0, 0.1) is 6.92 Å². The lowest BCUT2D eigenvalue weighted by atomic mass is 9.96. The second-order valence-electron chi connectivity index (χ2n) is 4.79. The predicted octanol–water partition coefficient (Wildman–Crippen LogP) is 5.63. The highest BCUT2D eigenvalue weighted by Gasteiger charge is 2.13. The summed E-state index contributed by atoms with van der Waals surface area (Å²) in [5.74, 6) is 0. The SMILES string of the molecule is Cc1ccc(C(Br)c2ccccc2)c2ccccc12. The van der Waals surface area contributed by atoms with E-state index in [-0.39, 0.29) is 4.83 Å². The van der Waals surface area contributed by atoms with Gasteiger partial charge in [-0.1, -0.05) is 82.7 Å². The summed E-state index contributed by atoms with van der Waals surface area (Å²) in [5, 5.41) is 2.66. The minimum Gasteiger partial charge on any atom is -0.0786 e. The van der Waals surface area contributed by atoms with E-state index in [4.69, 9.17) is 0 Å². The van der Waals surface area contributed by atoms with Gasteiger partial charge < -0.3 is 0 Å². The number of halogens is 1. The van der Waals surface area contributed by atoms with Crippen LogP contribution in [-0.4, -0.2) is 0 Å². The number of fused-ring (bicyclic) bond motifs is 1. The molecule has 1 atom stereocenters. The van der Waals surface area contributed by atoms with Gasteiger partial charge in [0.2, 0.25) is 0 Å². The lowest BCUT2D eigenvalue weighted by Crippen LogP contribution is -1.94. The maximum atomic E-state index is 3.84. The molecule has 0 N–H and O–H groups in total. The van der Waals surface area contributed by atoms with Crippen molar-refractivity contribution in [3.05, 3.63) is 83.4 Å². The van der Waals surface area contributed by atoms with E-state index in [0.29, 0.717) is 0 Å². The third-order valence-electron chi connectivity index (χ3n) is 3.54. The van der Waals surface area contributed by atoms with Crippen LogP contribution >= 0.6 is 15.9 Å². The first-order valence-corrected chi connectivity index (χ1v) is 7.36. The van der Waals surface area contributed by atoms with Gasteiger partial charge in [-0.2, -0.15) is 0 Å². The molecule has 1 unspecified atom stereocenters. The minimum absolute atomic E-state index is 0.235. The van der Waals surface area contributed by atoms with Gasteiger partial charge in [-0.3, -0.25) is 0 Å². The second kappa shape index (κ2) is 5.18. The third-order valence-corrected chi connectivity index (χ3v) is 4.56. The Morgan fingerprint density at radius 1 is 0.737 bits per heavy atom. The van der Waals surface area contributed by atoms with E-state index >= 15 is 0 Å². The van der Waals surface area contributed by atoms with Crippen LogP contribution in [0.3, 0.4) is 0 Å². The maximum Gasteiger partial charge on any atom is 0.0650 e. The first-order valence-electron chi connectivity index (χ1n) is 6.44. The van der Waals surface area contributed by atoms with Crippen LogP contribution in [0.4, 0.5) is 0 Å². The number of aryl methyl sites for hydroxylation is 1. The first-order chi connectivity index (χ1) is 9.27. The Kier molecular flexibility index (Phi) is 3.39. The van der Waals surface area contributed by atoms with Crippen LogP contribution in [0.2, 0.25) is 0 Å². The molecule has 0 aliphatic rings. The van der Waals surface area contributed by atoms with Crippen LogP contribution in [0.25, 0.3) is 10.8 Å². The smallest absolute Gasteiger partial charge is 0.0650 e. The van der Waals surface area contributed by atoms with Crippen LogP contribution in [-0.2, 0) is 0 Å². The molecule has 94 valence electrons. The fourth-order valence-corrected chi connectivity index (χ4v) is 3.20. The van der Waals surface area contributed by atoms with E-state index in [1.807, 2.05) is 0 Å². The largest absolute Gasteiger partial charge is 0.0786 e. The average Bonchev–Trinajstić information content (AvgIpc) is 2.48. The summed E-state index contributed by atoms with van der Waals surface area (Å²) in [4.78, 5) is 0.235. The van der Waals surface area contributed by atoms with Crippen molar-refractivity contribution in [1.29, 1.82) is 0 Å². The number of alkyl halides is 1. The minimum atomic E-state index is 0.235. The van der Waals surface area contributed by atoms with E-state index in [2.05, 4.69) is 89.6 Å². The highest BCUT2D eigenvalue weighted by molar-refractivity contribution is 9.09. The Bertz CT molecular complexity index is 701. The Balaban J connectivity index is 2.18. The van der Waals surface area contributed by atoms with Crippen molar-refractivity contribution in [2.75, 3.05) is 0 Å². The van der Waals surface area contributed by atoms with E-state index < -0.39 is 0 Å². The van der Waals surface area contributed by atoms with Crippen LogP contribution < -0.4 is 0 Å². The summed E-state index contributed by atoms with van der Waals surface area (Å²) in [5.41, 5.74) is 3.94. The topological polar surface area (TPSA) is 0 Å². The normalized spacial score (nSPS) is 12.5. The van der Waals surface area contributed by atoms with E-state index in [0.717, 1.165) is 0 Å². The molecule has 0 heterocycles. The van der Waals surface area contributed by atoms with Gasteiger partial charge in [0.25, 0.3) is 0 Å². The summed E-state index contributed by atoms with van der Waals surface area (Å²) < 4.78 is 0. The van der Waals surface area contributed by atoms with Crippen LogP contribution in [0.5, 0.6) is 0 Å². The van der Waals surface area contributed by atoms with E-state index in [1.54, 1.807) is 0 Å². The standard InChI is InChI=1S/C18H15Br/c1-13-11-12-17(16-10-6-5-9-15(13)16)18(19)14-7-3-2-4-8-14/h2-12,18H,1H3. The van der Waals surface area contributed by atoms with Gasteiger partial charge in [0, 0.05) is 0 Å². The summed E-state index contributed by atoms with van der Waals surface area (Å²) >= 11 is 3.84. The van der Waals surface area contributed by atoms with Crippen molar-refractivity contribution in [3.8, 4) is 0 Å². The fraction of sp³-hybridized carbons (Fsp3) is 0.111. The molecule has 3 aromatic carbocycles. The predicted molar refractivity (Wildman–Crippen MR) is 85.9 cm³/mol. The molecule has 0 fully saturated rings.